The number of ketones is 2. The zero-order valence-corrected chi connectivity index (χ0v) is 16.5. The summed E-state index contributed by atoms with van der Waals surface area (Å²) >= 11 is 0. The number of aliphatic carboxylic acids is 1. The number of aliphatic hydroxyl groups is 1. The van der Waals surface area contributed by atoms with E-state index in [0.717, 1.165) is 0 Å². The maximum absolute atomic E-state index is 16.8. The van der Waals surface area contributed by atoms with E-state index >= 15 is 8.78 Å². The van der Waals surface area contributed by atoms with Crippen LogP contribution in [0.2, 0.25) is 0 Å². The summed E-state index contributed by atoms with van der Waals surface area (Å²) in [6.07, 6.45) is -1.59. The monoisotopic (exact) mass is 398 g/mol. The van der Waals surface area contributed by atoms with Crippen molar-refractivity contribution in [2.24, 2.45) is 34.5 Å². The van der Waals surface area contributed by atoms with E-state index in [1.165, 1.54) is 0 Å². The van der Waals surface area contributed by atoms with Crippen molar-refractivity contribution in [3.8, 4) is 0 Å². The smallest absolute Gasteiger partial charge is 0.336 e. The van der Waals surface area contributed by atoms with Crippen LogP contribution in [0.25, 0.3) is 0 Å². The van der Waals surface area contributed by atoms with Gasteiger partial charge >= 0.3 is 5.97 Å². The average Bonchev–Trinajstić information content (AvgIpc) is 2.81. The standard InChI is InChI=1S/C21H28F2O5/c1-10-6-12-13-8-15(22)14-7-11(24)4-5-18(14,2)20(13,23)16(25)9-19(12,3)21(10,28)17(26)27/h10,12-15,28H,4-9H2,1-3H3,(H,26,27)/t10-,12?,13?,14?,15+,18+,19+,20+,21+/m1/s1. The van der Waals surface area contributed by atoms with E-state index in [4.69, 9.17) is 0 Å². The molecular formula is C21H28F2O5. The Morgan fingerprint density at radius 2 is 1.75 bits per heavy atom. The van der Waals surface area contributed by atoms with Crippen LogP contribution in [0.5, 0.6) is 0 Å². The molecule has 5 nitrogen and oxygen atoms in total. The molecule has 0 aromatic rings. The molecule has 0 saturated heterocycles. The van der Waals surface area contributed by atoms with E-state index in [2.05, 4.69) is 0 Å². The largest absolute Gasteiger partial charge is 0.479 e. The van der Waals surface area contributed by atoms with Crippen molar-refractivity contribution in [2.45, 2.75) is 76.7 Å². The summed E-state index contributed by atoms with van der Waals surface area (Å²) in [5, 5.41) is 20.8. The first kappa shape index (κ1) is 19.9. The highest BCUT2D eigenvalue weighted by Crippen LogP contribution is 2.70. The van der Waals surface area contributed by atoms with Gasteiger partial charge in [-0.1, -0.05) is 20.8 Å². The van der Waals surface area contributed by atoms with Gasteiger partial charge in [0.05, 0.1) is 0 Å². The Labute approximate surface area is 162 Å². The Morgan fingerprint density at radius 3 is 2.36 bits per heavy atom. The van der Waals surface area contributed by atoms with Gasteiger partial charge in [-0.05, 0) is 31.1 Å². The maximum atomic E-state index is 16.8. The number of carbonyl (C=O) groups is 3. The van der Waals surface area contributed by atoms with Crippen molar-refractivity contribution < 1.29 is 33.4 Å². The molecule has 4 rings (SSSR count). The highest BCUT2D eigenvalue weighted by Gasteiger charge is 2.78. The molecule has 0 radical (unpaired) electrons. The van der Waals surface area contributed by atoms with Crippen molar-refractivity contribution in [1.82, 2.24) is 0 Å². The zero-order valence-electron chi connectivity index (χ0n) is 16.5. The van der Waals surface area contributed by atoms with Crippen molar-refractivity contribution >= 4 is 17.5 Å². The molecule has 0 spiro atoms. The highest BCUT2D eigenvalue weighted by molar-refractivity contribution is 5.93. The van der Waals surface area contributed by atoms with E-state index in [1.807, 2.05) is 0 Å². The third-order valence-corrected chi connectivity index (χ3v) is 9.20. The lowest BCUT2D eigenvalue weighted by atomic mass is 9.42. The zero-order chi connectivity index (χ0) is 20.9. The number of carboxylic acid groups (broad SMARTS) is 1. The number of rotatable bonds is 1. The minimum atomic E-state index is -2.30. The Morgan fingerprint density at radius 1 is 1.11 bits per heavy atom. The Bertz CT molecular complexity index is 770. The molecule has 9 atom stereocenters. The summed E-state index contributed by atoms with van der Waals surface area (Å²) in [6, 6.07) is 0. The summed E-state index contributed by atoms with van der Waals surface area (Å²) in [5.74, 6) is -5.36. The van der Waals surface area contributed by atoms with Gasteiger partial charge in [0.2, 0.25) is 0 Å². The fraction of sp³-hybridized carbons (Fsp3) is 0.857. The third kappa shape index (κ3) is 1.97. The molecule has 28 heavy (non-hydrogen) atoms. The fourth-order valence-corrected chi connectivity index (χ4v) is 7.54. The average molecular weight is 398 g/mol. The second-order valence-corrected chi connectivity index (χ2v) is 10.2. The molecule has 7 heteroatoms. The number of carboxylic acids is 1. The molecule has 4 saturated carbocycles. The molecule has 0 bridgehead atoms. The molecule has 156 valence electrons. The first-order valence-electron chi connectivity index (χ1n) is 10.2. The third-order valence-electron chi connectivity index (χ3n) is 9.20. The number of hydrogen-bond donors (Lipinski definition) is 2. The first-order valence-corrected chi connectivity index (χ1v) is 10.2. The molecule has 0 aromatic heterocycles. The number of halogens is 2. The second kappa shape index (κ2) is 5.61. The van der Waals surface area contributed by atoms with Gasteiger partial charge in [0.1, 0.15) is 12.0 Å². The lowest BCUT2D eigenvalue weighted by Gasteiger charge is -2.62. The van der Waals surface area contributed by atoms with Crippen LogP contribution in [-0.4, -0.2) is 45.2 Å². The molecule has 0 heterocycles. The van der Waals surface area contributed by atoms with E-state index in [0.29, 0.717) is 0 Å². The Hall–Kier alpha value is -1.37. The summed E-state index contributed by atoms with van der Waals surface area (Å²) in [7, 11) is 0. The van der Waals surface area contributed by atoms with Gasteiger partial charge in [0, 0.05) is 41.9 Å². The number of hydrogen-bond acceptors (Lipinski definition) is 4. The number of carbonyl (C=O) groups excluding carboxylic acids is 2. The van der Waals surface area contributed by atoms with Crippen molar-refractivity contribution in [3.05, 3.63) is 0 Å². The van der Waals surface area contributed by atoms with Gasteiger partial charge in [0.25, 0.3) is 0 Å². The molecule has 2 N–H and O–H groups in total. The second-order valence-electron chi connectivity index (χ2n) is 10.2. The molecule has 3 unspecified atom stereocenters. The Balaban J connectivity index is 1.85. The topological polar surface area (TPSA) is 91.7 Å². The first-order chi connectivity index (χ1) is 12.8. The summed E-state index contributed by atoms with van der Waals surface area (Å²) in [6.45, 7) is 4.73. The highest BCUT2D eigenvalue weighted by atomic mass is 19.1. The van der Waals surface area contributed by atoms with Crippen LogP contribution in [0.1, 0.15) is 59.3 Å². The Kier molecular flexibility index (Phi) is 3.99. The predicted octanol–water partition coefficient (Wildman–Crippen LogP) is 2.88. The van der Waals surface area contributed by atoms with Crippen LogP contribution in [-0.2, 0) is 14.4 Å². The van der Waals surface area contributed by atoms with Gasteiger partial charge in [-0.15, -0.1) is 0 Å². The van der Waals surface area contributed by atoms with Crippen LogP contribution >= 0.6 is 0 Å². The molecule has 4 fully saturated rings. The SMILES string of the molecule is C[C@@H]1CC2C3C[C@H](F)C4CC(=O)CC[C@]4(C)[C@@]3(F)C(=O)C[C@]2(C)[C@@]1(O)C(=O)O. The van der Waals surface area contributed by atoms with Gasteiger partial charge in [-0.25, -0.2) is 13.6 Å². The van der Waals surface area contributed by atoms with E-state index in [9.17, 15) is 24.6 Å². The number of alkyl halides is 2. The van der Waals surface area contributed by atoms with Crippen LogP contribution in [0, 0.1) is 34.5 Å². The number of fused-ring (bicyclic) bond motifs is 5. The van der Waals surface area contributed by atoms with Crippen molar-refractivity contribution in [1.29, 1.82) is 0 Å². The van der Waals surface area contributed by atoms with E-state index in [1.54, 1.807) is 20.8 Å². The van der Waals surface area contributed by atoms with Crippen molar-refractivity contribution in [3.63, 3.8) is 0 Å². The van der Waals surface area contributed by atoms with Crippen LogP contribution < -0.4 is 0 Å². The lowest BCUT2D eigenvalue weighted by molar-refractivity contribution is -0.221. The predicted molar refractivity (Wildman–Crippen MR) is 94.9 cm³/mol. The summed E-state index contributed by atoms with van der Waals surface area (Å²) in [4.78, 5) is 37.2. The quantitative estimate of drug-likeness (QED) is 0.709. The van der Waals surface area contributed by atoms with Gasteiger partial charge in [-0.2, -0.15) is 0 Å². The lowest BCUT2D eigenvalue weighted by Crippen LogP contribution is -2.71. The van der Waals surface area contributed by atoms with Crippen molar-refractivity contribution in [2.75, 3.05) is 0 Å². The fourth-order valence-electron chi connectivity index (χ4n) is 7.54. The van der Waals surface area contributed by atoms with Crippen LogP contribution in [0.3, 0.4) is 0 Å². The molecule has 0 aromatic carbocycles. The normalized spacial score (nSPS) is 56.0. The molecule has 0 aliphatic heterocycles. The van der Waals surface area contributed by atoms with Gasteiger partial charge < -0.3 is 10.2 Å². The summed E-state index contributed by atoms with van der Waals surface area (Å²) < 4.78 is 32.0. The van der Waals surface area contributed by atoms with E-state index in [-0.39, 0.29) is 44.3 Å². The minimum absolute atomic E-state index is 0.0548. The van der Waals surface area contributed by atoms with Crippen LogP contribution in [0.15, 0.2) is 0 Å². The molecular weight excluding hydrogens is 370 g/mol. The maximum Gasteiger partial charge on any atom is 0.336 e. The number of Topliss-reactive ketones (excluding diaryl/α,β-unsaturated/α-hetero) is 2. The van der Waals surface area contributed by atoms with Gasteiger partial charge in [-0.3, -0.25) is 9.59 Å². The molecule has 4 aliphatic rings. The summed E-state index contributed by atoms with van der Waals surface area (Å²) in [5.41, 5.74) is -7.08. The van der Waals surface area contributed by atoms with Gasteiger partial charge in [0.15, 0.2) is 17.1 Å². The molecule has 4 aliphatic carbocycles. The van der Waals surface area contributed by atoms with E-state index < -0.39 is 63.7 Å². The molecule has 0 amide bonds. The minimum Gasteiger partial charge on any atom is -0.479 e. The van der Waals surface area contributed by atoms with Crippen LogP contribution in [0.4, 0.5) is 8.78 Å².